The molecule has 2 N–H and O–H groups in total. The lowest BCUT2D eigenvalue weighted by Crippen LogP contribution is -2.39. The maximum absolute atomic E-state index is 12.6. The Morgan fingerprint density at radius 1 is 1.50 bits per heavy atom. The molecule has 2 heterocycles. The molecule has 24 heavy (non-hydrogen) atoms. The van der Waals surface area contributed by atoms with Crippen molar-refractivity contribution in [3.8, 4) is 5.75 Å². The van der Waals surface area contributed by atoms with Gasteiger partial charge in [-0.15, -0.1) is 0 Å². The highest BCUT2D eigenvalue weighted by Crippen LogP contribution is 2.28. The summed E-state index contributed by atoms with van der Waals surface area (Å²) < 4.78 is 11.5. The summed E-state index contributed by atoms with van der Waals surface area (Å²) in [5, 5.41) is 3.89. The van der Waals surface area contributed by atoms with Crippen LogP contribution < -0.4 is 10.5 Å². The molecule has 1 atom stereocenters. The fraction of sp³-hybridized carbons (Fsp3) is 0.412. The van der Waals surface area contributed by atoms with Crippen molar-refractivity contribution < 1.29 is 14.1 Å². The summed E-state index contributed by atoms with van der Waals surface area (Å²) >= 11 is 3.47. The topological polar surface area (TPSA) is 81.6 Å². The van der Waals surface area contributed by atoms with E-state index in [4.69, 9.17) is 15.0 Å². The van der Waals surface area contributed by atoms with Crippen LogP contribution in [0.3, 0.4) is 0 Å². The quantitative estimate of drug-likeness (QED) is 0.844. The fourth-order valence-electron chi connectivity index (χ4n) is 2.90. The van der Waals surface area contributed by atoms with Crippen LogP contribution in [0, 0.1) is 6.92 Å². The number of benzene rings is 1. The Morgan fingerprint density at radius 3 is 3.00 bits per heavy atom. The molecule has 1 fully saturated rings. The van der Waals surface area contributed by atoms with Gasteiger partial charge < -0.3 is 19.9 Å². The van der Waals surface area contributed by atoms with Crippen LogP contribution in [0.25, 0.3) is 0 Å². The fourth-order valence-corrected chi connectivity index (χ4v) is 3.40. The predicted molar refractivity (Wildman–Crippen MR) is 92.8 cm³/mol. The second-order valence-electron chi connectivity index (χ2n) is 5.89. The van der Waals surface area contributed by atoms with Gasteiger partial charge in [-0.05, 0) is 53.9 Å². The Hall–Kier alpha value is -1.86. The Bertz CT molecular complexity index is 732. The minimum absolute atomic E-state index is 0.0160. The highest BCUT2D eigenvalue weighted by Gasteiger charge is 2.28. The van der Waals surface area contributed by atoms with Gasteiger partial charge in [-0.2, -0.15) is 0 Å². The number of hydrogen-bond donors (Lipinski definition) is 1. The van der Waals surface area contributed by atoms with E-state index in [2.05, 4.69) is 21.1 Å². The van der Waals surface area contributed by atoms with Crippen LogP contribution >= 0.6 is 15.9 Å². The van der Waals surface area contributed by atoms with E-state index in [0.29, 0.717) is 24.5 Å². The molecule has 7 heteroatoms. The molecule has 128 valence electrons. The highest BCUT2D eigenvalue weighted by atomic mass is 79.9. The van der Waals surface area contributed by atoms with E-state index < -0.39 is 0 Å². The molecule has 1 aromatic carbocycles. The third kappa shape index (κ3) is 3.62. The van der Waals surface area contributed by atoms with Crippen LogP contribution in [0.4, 0.5) is 0 Å². The monoisotopic (exact) mass is 393 g/mol. The second kappa shape index (κ2) is 7.36. The van der Waals surface area contributed by atoms with Crippen LogP contribution in [0.1, 0.15) is 34.7 Å². The second-order valence-corrected chi connectivity index (χ2v) is 6.75. The molecular formula is C17H20BrN3O3. The van der Waals surface area contributed by atoms with Gasteiger partial charge >= 0.3 is 0 Å². The first-order chi connectivity index (χ1) is 11.6. The van der Waals surface area contributed by atoms with Crippen molar-refractivity contribution in [3.05, 3.63) is 45.8 Å². The molecule has 1 aliphatic rings. The number of carbonyl (C=O) groups is 1. The molecule has 1 aromatic heterocycles. The summed E-state index contributed by atoms with van der Waals surface area (Å²) in [7, 11) is 0. The van der Waals surface area contributed by atoms with Crippen molar-refractivity contribution in [1.82, 2.24) is 10.1 Å². The van der Waals surface area contributed by atoms with E-state index in [1.165, 1.54) is 0 Å². The number of carbonyl (C=O) groups excluding carboxylic acids is 1. The number of aryl methyl sites for hydroxylation is 1. The van der Waals surface area contributed by atoms with Crippen LogP contribution in [-0.4, -0.2) is 35.1 Å². The first-order valence-corrected chi connectivity index (χ1v) is 8.73. The molecule has 0 aliphatic carbocycles. The number of aromatic nitrogens is 1. The number of halogens is 1. The number of amides is 1. The Balaban J connectivity index is 1.68. The van der Waals surface area contributed by atoms with E-state index in [9.17, 15) is 4.79 Å². The zero-order valence-electron chi connectivity index (χ0n) is 13.5. The molecule has 1 aliphatic heterocycles. The zero-order valence-corrected chi connectivity index (χ0v) is 15.1. The summed E-state index contributed by atoms with van der Waals surface area (Å²) in [6, 6.07) is 7.33. The van der Waals surface area contributed by atoms with Crippen molar-refractivity contribution in [2.45, 2.75) is 32.4 Å². The largest absolute Gasteiger partial charge is 0.486 e. The zero-order chi connectivity index (χ0) is 17.1. The number of nitrogens with zero attached hydrogens (tertiary/aromatic N) is 2. The molecule has 0 saturated carbocycles. The van der Waals surface area contributed by atoms with Crippen molar-refractivity contribution in [2.24, 2.45) is 5.73 Å². The van der Waals surface area contributed by atoms with Crippen molar-refractivity contribution in [1.29, 1.82) is 0 Å². The van der Waals surface area contributed by atoms with Crippen LogP contribution in [0.15, 0.2) is 33.3 Å². The number of hydrogen-bond acceptors (Lipinski definition) is 5. The van der Waals surface area contributed by atoms with Gasteiger partial charge in [-0.1, -0.05) is 5.16 Å². The molecule has 0 spiro atoms. The van der Waals surface area contributed by atoms with Gasteiger partial charge in [0, 0.05) is 30.8 Å². The highest BCUT2D eigenvalue weighted by molar-refractivity contribution is 9.10. The molecule has 0 bridgehead atoms. The van der Waals surface area contributed by atoms with Crippen LogP contribution in [-0.2, 0) is 6.61 Å². The maximum Gasteiger partial charge on any atom is 0.254 e. The Kier molecular flexibility index (Phi) is 5.20. The maximum atomic E-state index is 12.6. The standard InChI is InChI=1S/C17H20BrN3O3/c1-11-7-13(20-24-11)10-23-16-5-4-12(8-15(16)18)17(22)21-6-2-3-14(21)9-19/h4-5,7-8,14H,2-3,6,9-10,19H2,1H3/t14-/m1/s1. The third-order valence-electron chi connectivity index (χ3n) is 4.14. The van der Waals surface area contributed by atoms with E-state index in [1.807, 2.05) is 17.9 Å². The molecule has 0 unspecified atom stereocenters. The van der Waals surface area contributed by atoms with Crippen molar-refractivity contribution in [2.75, 3.05) is 13.1 Å². The molecule has 0 radical (unpaired) electrons. The molecule has 2 aromatic rings. The van der Waals surface area contributed by atoms with Gasteiger partial charge in [0.15, 0.2) is 0 Å². The first-order valence-electron chi connectivity index (χ1n) is 7.94. The number of ether oxygens (including phenoxy) is 1. The SMILES string of the molecule is Cc1cc(COc2ccc(C(=O)N3CCC[C@@H]3CN)cc2Br)no1. The molecule has 1 saturated heterocycles. The number of rotatable bonds is 5. The summed E-state index contributed by atoms with van der Waals surface area (Å²) in [5.74, 6) is 1.42. The van der Waals surface area contributed by atoms with Gasteiger partial charge in [0.2, 0.25) is 0 Å². The molecule has 1 amide bonds. The van der Waals surface area contributed by atoms with E-state index >= 15 is 0 Å². The van der Waals surface area contributed by atoms with E-state index in [0.717, 1.165) is 35.3 Å². The number of likely N-dealkylation sites (tertiary alicyclic amines) is 1. The lowest BCUT2D eigenvalue weighted by molar-refractivity contribution is 0.0741. The molecule has 6 nitrogen and oxygen atoms in total. The average molecular weight is 394 g/mol. The van der Waals surface area contributed by atoms with Crippen LogP contribution in [0.2, 0.25) is 0 Å². The van der Waals surface area contributed by atoms with Gasteiger partial charge in [0.05, 0.1) is 4.47 Å². The van der Waals surface area contributed by atoms with E-state index in [-0.39, 0.29) is 11.9 Å². The van der Waals surface area contributed by atoms with Gasteiger partial charge in [-0.3, -0.25) is 4.79 Å². The minimum Gasteiger partial charge on any atom is -0.486 e. The van der Waals surface area contributed by atoms with Gasteiger partial charge in [-0.25, -0.2) is 0 Å². The lowest BCUT2D eigenvalue weighted by atomic mass is 10.1. The third-order valence-corrected chi connectivity index (χ3v) is 4.76. The molecular weight excluding hydrogens is 374 g/mol. The Labute approximate surface area is 149 Å². The predicted octanol–water partition coefficient (Wildman–Crippen LogP) is 2.89. The van der Waals surface area contributed by atoms with Gasteiger partial charge in [0.25, 0.3) is 5.91 Å². The molecule has 3 rings (SSSR count). The number of nitrogens with two attached hydrogens (primary N) is 1. The normalized spacial score (nSPS) is 17.3. The van der Waals surface area contributed by atoms with Crippen molar-refractivity contribution in [3.63, 3.8) is 0 Å². The first kappa shape index (κ1) is 17.0. The Morgan fingerprint density at radius 2 is 2.33 bits per heavy atom. The van der Waals surface area contributed by atoms with E-state index in [1.54, 1.807) is 18.2 Å². The summed E-state index contributed by atoms with van der Waals surface area (Å²) in [6.45, 7) is 3.41. The van der Waals surface area contributed by atoms with Gasteiger partial charge in [0.1, 0.15) is 23.8 Å². The lowest BCUT2D eigenvalue weighted by Gasteiger charge is -2.23. The smallest absolute Gasteiger partial charge is 0.254 e. The average Bonchev–Trinajstić information content (AvgIpc) is 3.21. The summed E-state index contributed by atoms with van der Waals surface area (Å²) in [6.07, 6.45) is 1.98. The summed E-state index contributed by atoms with van der Waals surface area (Å²) in [4.78, 5) is 14.5. The summed E-state index contributed by atoms with van der Waals surface area (Å²) in [5.41, 5.74) is 7.11. The van der Waals surface area contributed by atoms with Crippen LogP contribution in [0.5, 0.6) is 5.75 Å². The van der Waals surface area contributed by atoms with Crippen molar-refractivity contribution >= 4 is 21.8 Å². The minimum atomic E-state index is 0.0160.